The van der Waals surface area contributed by atoms with Gasteiger partial charge in [0.15, 0.2) is 0 Å². The van der Waals surface area contributed by atoms with Crippen LogP contribution in [0.15, 0.2) is 60.8 Å². The number of nitrogens with one attached hydrogen (secondary N) is 1. The van der Waals surface area contributed by atoms with Gasteiger partial charge in [0.05, 0.1) is 0 Å². The normalized spacial score (nSPS) is 14.6. The van der Waals surface area contributed by atoms with Crippen LogP contribution in [-0.4, -0.2) is 41.6 Å². The van der Waals surface area contributed by atoms with Gasteiger partial charge in [-0.25, -0.2) is 0 Å². The van der Waals surface area contributed by atoms with Crippen LogP contribution in [0.4, 0.5) is 0 Å². The molecule has 2 heterocycles. The van der Waals surface area contributed by atoms with Gasteiger partial charge in [-0.3, -0.25) is 4.79 Å². The highest BCUT2D eigenvalue weighted by Crippen LogP contribution is 2.24. The van der Waals surface area contributed by atoms with Crippen molar-refractivity contribution in [3.05, 3.63) is 71.9 Å². The standard InChI is InChI=1S/C23H27N3O/c27-23(25-15-13-24-14-16-25)12-6-9-20-18-26(17-19-7-2-1-3-8-19)22-11-5-4-10-21(20)22/h1-5,7-8,10-11,18,24H,6,9,12-17H2. The number of para-hydroxylation sites is 1. The number of aromatic nitrogens is 1. The smallest absolute Gasteiger partial charge is 0.222 e. The van der Waals surface area contributed by atoms with E-state index in [9.17, 15) is 4.79 Å². The molecule has 1 aliphatic heterocycles. The van der Waals surface area contributed by atoms with Crippen LogP contribution in [0.3, 0.4) is 0 Å². The Morgan fingerprint density at radius 1 is 0.963 bits per heavy atom. The number of nitrogens with zero attached hydrogens (tertiary/aromatic N) is 2. The average Bonchev–Trinajstić information content (AvgIpc) is 3.07. The van der Waals surface area contributed by atoms with Gasteiger partial charge >= 0.3 is 0 Å². The first kappa shape index (κ1) is 17.8. The third-order valence-electron chi connectivity index (χ3n) is 5.37. The maximum atomic E-state index is 12.4. The summed E-state index contributed by atoms with van der Waals surface area (Å²) in [6.07, 6.45) is 4.76. The Balaban J connectivity index is 1.44. The van der Waals surface area contributed by atoms with E-state index in [1.54, 1.807) is 0 Å². The number of fused-ring (bicyclic) bond motifs is 1. The van der Waals surface area contributed by atoms with Crippen LogP contribution >= 0.6 is 0 Å². The first-order valence-corrected chi connectivity index (χ1v) is 9.90. The van der Waals surface area contributed by atoms with Crippen LogP contribution in [-0.2, 0) is 17.8 Å². The maximum absolute atomic E-state index is 12.4. The van der Waals surface area contributed by atoms with Crippen LogP contribution in [0.5, 0.6) is 0 Å². The van der Waals surface area contributed by atoms with Crippen LogP contribution < -0.4 is 5.32 Å². The van der Waals surface area contributed by atoms with Gasteiger partial charge in [-0.15, -0.1) is 0 Å². The Morgan fingerprint density at radius 2 is 1.70 bits per heavy atom. The van der Waals surface area contributed by atoms with Crippen molar-refractivity contribution in [3.63, 3.8) is 0 Å². The fourth-order valence-corrected chi connectivity index (χ4v) is 3.94. The molecular formula is C23H27N3O. The number of hydrogen-bond donors (Lipinski definition) is 1. The van der Waals surface area contributed by atoms with E-state index in [2.05, 4.69) is 70.7 Å². The van der Waals surface area contributed by atoms with E-state index in [1.807, 2.05) is 4.90 Å². The zero-order valence-electron chi connectivity index (χ0n) is 15.7. The van der Waals surface area contributed by atoms with Gasteiger partial charge in [-0.2, -0.15) is 0 Å². The Bertz CT molecular complexity index is 894. The first-order valence-electron chi connectivity index (χ1n) is 9.90. The summed E-state index contributed by atoms with van der Waals surface area (Å²) >= 11 is 0. The van der Waals surface area contributed by atoms with E-state index < -0.39 is 0 Å². The van der Waals surface area contributed by atoms with Crippen LogP contribution in [0.25, 0.3) is 10.9 Å². The van der Waals surface area contributed by atoms with Crippen molar-refractivity contribution >= 4 is 16.8 Å². The van der Waals surface area contributed by atoms with Crippen LogP contribution in [0.1, 0.15) is 24.0 Å². The number of carbonyl (C=O) groups excluding carboxylic acids is 1. The summed E-state index contributed by atoms with van der Waals surface area (Å²) in [7, 11) is 0. The fraction of sp³-hybridized carbons (Fsp3) is 0.348. The fourth-order valence-electron chi connectivity index (χ4n) is 3.94. The summed E-state index contributed by atoms with van der Waals surface area (Å²) in [5.41, 5.74) is 3.91. The van der Waals surface area contributed by atoms with E-state index in [-0.39, 0.29) is 0 Å². The minimum absolute atomic E-state index is 0.296. The molecule has 1 fully saturated rings. The molecule has 4 rings (SSSR count). The summed E-state index contributed by atoms with van der Waals surface area (Å²) in [5.74, 6) is 0.296. The van der Waals surface area contributed by atoms with E-state index in [0.717, 1.165) is 45.6 Å². The van der Waals surface area contributed by atoms with Gasteiger partial charge in [-0.1, -0.05) is 48.5 Å². The van der Waals surface area contributed by atoms with E-state index in [0.29, 0.717) is 12.3 Å². The summed E-state index contributed by atoms with van der Waals surface area (Å²) in [6, 6.07) is 19.1. The molecule has 140 valence electrons. The van der Waals surface area contributed by atoms with Crippen molar-refractivity contribution in [2.24, 2.45) is 0 Å². The predicted octanol–water partition coefficient (Wildman–Crippen LogP) is 3.44. The molecule has 0 aliphatic carbocycles. The first-order chi connectivity index (χ1) is 13.3. The number of carbonyl (C=O) groups is 1. The van der Waals surface area contributed by atoms with Gasteiger partial charge in [0, 0.05) is 56.2 Å². The SMILES string of the molecule is O=C(CCCc1cn(Cc2ccccc2)c2ccccc12)N1CCNCC1. The molecule has 3 aromatic rings. The number of hydrogen-bond acceptors (Lipinski definition) is 2. The van der Waals surface area contributed by atoms with Crippen molar-refractivity contribution < 1.29 is 4.79 Å². The molecule has 0 radical (unpaired) electrons. The van der Waals surface area contributed by atoms with Crippen molar-refractivity contribution in [1.29, 1.82) is 0 Å². The second-order valence-electron chi connectivity index (χ2n) is 7.27. The lowest BCUT2D eigenvalue weighted by Crippen LogP contribution is -2.46. The lowest BCUT2D eigenvalue weighted by molar-refractivity contribution is -0.131. The van der Waals surface area contributed by atoms with Crippen molar-refractivity contribution in [2.75, 3.05) is 26.2 Å². The molecule has 1 amide bonds. The highest BCUT2D eigenvalue weighted by molar-refractivity contribution is 5.84. The zero-order valence-corrected chi connectivity index (χ0v) is 15.7. The van der Waals surface area contributed by atoms with Crippen LogP contribution in [0.2, 0.25) is 0 Å². The largest absolute Gasteiger partial charge is 0.343 e. The topological polar surface area (TPSA) is 37.3 Å². The average molecular weight is 361 g/mol. The molecule has 1 saturated heterocycles. The molecule has 27 heavy (non-hydrogen) atoms. The molecule has 1 N–H and O–H groups in total. The predicted molar refractivity (Wildman–Crippen MR) is 110 cm³/mol. The second-order valence-corrected chi connectivity index (χ2v) is 7.27. The Hall–Kier alpha value is -2.59. The van der Waals surface area contributed by atoms with Crippen molar-refractivity contribution in [2.45, 2.75) is 25.8 Å². The number of benzene rings is 2. The molecule has 0 bridgehead atoms. The highest BCUT2D eigenvalue weighted by Gasteiger charge is 2.16. The maximum Gasteiger partial charge on any atom is 0.222 e. The molecule has 1 aliphatic rings. The molecule has 1 aromatic heterocycles. The number of rotatable bonds is 6. The van der Waals surface area contributed by atoms with Crippen molar-refractivity contribution in [3.8, 4) is 0 Å². The van der Waals surface area contributed by atoms with Crippen molar-refractivity contribution in [1.82, 2.24) is 14.8 Å². The third kappa shape index (κ3) is 4.22. The van der Waals surface area contributed by atoms with Gasteiger partial charge in [0.2, 0.25) is 5.91 Å². The third-order valence-corrected chi connectivity index (χ3v) is 5.37. The molecular weight excluding hydrogens is 334 g/mol. The minimum Gasteiger partial charge on any atom is -0.343 e. The van der Waals surface area contributed by atoms with Crippen LogP contribution in [0, 0.1) is 0 Å². The van der Waals surface area contributed by atoms with Gasteiger partial charge in [-0.05, 0) is 30.0 Å². The molecule has 2 aromatic carbocycles. The summed E-state index contributed by atoms with van der Waals surface area (Å²) < 4.78 is 2.33. The molecule has 4 heteroatoms. The van der Waals surface area contributed by atoms with Gasteiger partial charge in [0.1, 0.15) is 0 Å². The lowest BCUT2D eigenvalue weighted by atomic mass is 10.1. The molecule has 0 atom stereocenters. The Morgan fingerprint density at radius 3 is 2.52 bits per heavy atom. The molecule has 4 nitrogen and oxygen atoms in total. The van der Waals surface area contributed by atoms with Gasteiger partial charge in [0.25, 0.3) is 0 Å². The zero-order chi connectivity index (χ0) is 18.5. The minimum atomic E-state index is 0.296. The number of aryl methyl sites for hydroxylation is 1. The summed E-state index contributed by atoms with van der Waals surface area (Å²) in [5, 5.41) is 4.61. The Kier molecular flexibility index (Phi) is 5.54. The second kappa shape index (κ2) is 8.40. The van der Waals surface area contributed by atoms with E-state index >= 15 is 0 Å². The van der Waals surface area contributed by atoms with Gasteiger partial charge < -0.3 is 14.8 Å². The molecule has 0 saturated carbocycles. The highest BCUT2D eigenvalue weighted by atomic mass is 16.2. The molecule has 0 spiro atoms. The summed E-state index contributed by atoms with van der Waals surface area (Å²) in [4.78, 5) is 14.4. The lowest BCUT2D eigenvalue weighted by Gasteiger charge is -2.27. The Labute approximate surface area is 160 Å². The van der Waals surface area contributed by atoms with E-state index in [4.69, 9.17) is 0 Å². The number of amides is 1. The molecule has 0 unspecified atom stereocenters. The number of piperazine rings is 1. The van der Waals surface area contributed by atoms with E-state index in [1.165, 1.54) is 22.0 Å². The monoisotopic (exact) mass is 361 g/mol. The quantitative estimate of drug-likeness (QED) is 0.730. The summed E-state index contributed by atoms with van der Waals surface area (Å²) in [6.45, 7) is 4.39.